The van der Waals surface area contributed by atoms with Crippen LogP contribution in [0.1, 0.15) is 17.3 Å². The van der Waals surface area contributed by atoms with Crippen molar-refractivity contribution >= 4 is 16.7 Å². The van der Waals surface area contributed by atoms with Crippen molar-refractivity contribution in [2.45, 2.75) is 13.5 Å². The molecule has 0 N–H and O–H groups in total. The third-order valence-electron chi connectivity index (χ3n) is 3.59. The molecule has 0 saturated carbocycles. The first-order chi connectivity index (χ1) is 10.7. The molecular formula is C18H16FNO2. The first-order valence-corrected chi connectivity index (χ1v) is 7.13. The molecule has 1 heterocycles. The maximum Gasteiger partial charge on any atom is 0.165 e. The number of carbonyl (C=O) groups is 1. The highest BCUT2D eigenvalue weighted by Crippen LogP contribution is 2.22. The molecule has 0 amide bonds. The van der Waals surface area contributed by atoms with E-state index in [1.54, 1.807) is 25.1 Å². The molecule has 0 aliphatic carbocycles. The largest absolute Gasteiger partial charge is 0.489 e. The lowest BCUT2D eigenvalue weighted by atomic mass is 10.1. The Balaban J connectivity index is 1.80. The van der Waals surface area contributed by atoms with Gasteiger partial charge in [-0.25, -0.2) is 4.39 Å². The lowest BCUT2D eigenvalue weighted by Gasteiger charge is -2.08. The number of hydrogen-bond acceptors (Lipinski definition) is 2. The van der Waals surface area contributed by atoms with Crippen molar-refractivity contribution in [2.24, 2.45) is 0 Å². The Labute approximate surface area is 127 Å². The lowest BCUT2D eigenvalue weighted by molar-refractivity contribution is 0.101. The second kappa shape index (κ2) is 6.02. The van der Waals surface area contributed by atoms with Crippen LogP contribution < -0.4 is 4.74 Å². The first kappa shape index (κ1) is 14.3. The van der Waals surface area contributed by atoms with E-state index in [0.717, 1.165) is 10.9 Å². The van der Waals surface area contributed by atoms with E-state index >= 15 is 0 Å². The van der Waals surface area contributed by atoms with Gasteiger partial charge in [-0.15, -0.1) is 0 Å². The Kier molecular flexibility index (Phi) is 3.92. The molecule has 0 fully saturated rings. The average molecular weight is 297 g/mol. The zero-order chi connectivity index (χ0) is 15.5. The van der Waals surface area contributed by atoms with Gasteiger partial charge in [0.1, 0.15) is 6.61 Å². The zero-order valence-corrected chi connectivity index (χ0v) is 12.3. The molecule has 0 unspecified atom stereocenters. The Bertz CT molecular complexity index is 823. The summed E-state index contributed by atoms with van der Waals surface area (Å²) >= 11 is 0. The van der Waals surface area contributed by atoms with Gasteiger partial charge in [-0.1, -0.05) is 30.3 Å². The SMILES string of the molecule is CC(=O)c1cn(CCOc2ccccc2F)c2ccccc12. The van der Waals surface area contributed by atoms with Gasteiger partial charge in [-0.3, -0.25) is 4.79 Å². The van der Waals surface area contributed by atoms with Gasteiger partial charge in [-0.2, -0.15) is 0 Å². The maximum atomic E-state index is 13.5. The molecule has 1 aromatic heterocycles. The van der Waals surface area contributed by atoms with Gasteiger partial charge in [0, 0.05) is 22.7 Å². The number of aromatic nitrogens is 1. The third kappa shape index (κ3) is 2.72. The van der Waals surface area contributed by atoms with Crippen LogP contribution in [0.5, 0.6) is 5.75 Å². The highest BCUT2D eigenvalue weighted by molar-refractivity contribution is 6.06. The molecule has 3 aromatic rings. The fourth-order valence-electron chi connectivity index (χ4n) is 2.53. The fourth-order valence-corrected chi connectivity index (χ4v) is 2.53. The number of fused-ring (bicyclic) bond motifs is 1. The van der Waals surface area contributed by atoms with Gasteiger partial charge in [-0.05, 0) is 25.1 Å². The molecule has 0 atom stereocenters. The summed E-state index contributed by atoms with van der Waals surface area (Å²) in [5.41, 5.74) is 1.67. The van der Waals surface area contributed by atoms with Crippen LogP contribution >= 0.6 is 0 Å². The minimum absolute atomic E-state index is 0.0324. The fraction of sp³-hybridized carbons (Fsp3) is 0.167. The molecule has 112 valence electrons. The summed E-state index contributed by atoms with van der Waals surface area (Å²) < 4.78 is 20.9. The Morgan fingerprint density at radius 1 is 1.14 bits per heavy atom. The summed E-state index contributed by atoms with van der Waals surface area (Å²) in [6.45, 7) is 2.43. The van der Waals surface area contributed by atoms with E-state index in [2.05, 4.69) is 0 Å². The van der Waals surface area contributed by atoms with Crippen LogP contribution in [0.15, 0.2) is 54.7 Å². The second-order valence-corrected chi connectivity index (χ2v) is 5.09. The van der Waals surface area contributed by atoms with Crippen LogP contribution in [0.25, 0.3) is 10.9 Å². The molecule has 0 aliphatic rings. The first-order valence-electron chi connectivity index (χ1n) is 7.13. The number of para-hydroxylation sites is 2. The molecule has 3 nitrogen and oxygen atoms in total. The maximum absolute atomic E-state index is 13.5. The molecular weight excluding hydrogens is 281 g/mol. The standard InChI is InChI=1S/C18H16FNO2/c1-13(21)15-12-20(17-8-4-2-6-14(15)17)10-11-22-18-9-5-3-7-16(18)19/h2-9,12H,10-11H2,1H3. The van der Waals surface area contributed by atoms with E-state index in [0.29, 0.717) is 18.7 Å². The van der Waals surface area contributed by atoms with Gasteiger partial charge in [0.05, 0.1) is 6.54 Å². The summed E-state index contributed by atoms with van der Waals surface area (Å²) in [4.78, 5) is 11.7. The average Bonchev–Trinajstić information content (AvgIpc) is 2.89. The van der Waals surface area contributed by atoms with E-state index in [4.69, 9.17) is 4.74 Å². The Hall–Kier alpha value is -2.62. The van der Waals surface area contributed by atoms with Crippen molar-refractivity contribution in [1.29, 1.82) is 0 Å². The van der Waals surface area contributed by atoms with Gasteiger partial charge in [0.25, 0.3) is 0 Å². The van der Waals surface area contributed by atoms with E-state index in [1.165, 1.54) is 6.07 Å². The van der Waals surface area contributed by atoms with Crippen molar-refractivity contribution in [3.8, 4) is 5.75 Å². The lowest BCUT2D eigenvalue weighted by Crippen LogP contribution is -2.08. The minimum atomic E-state index is -0.371. The quantitative estimate of drug-likeness (QED) is 0.665. The predicted octanol–water partition coefficient (Wildman–Crippen LogP) is 4.06. The topological polar surface area (TPSA) is 31.2 Å². The summed E-state index contributed by atoms with van der Waals surface area (Å²) in [5, 5.41) is 0.931. The van der Waals surface area contributed by atoms with Gasteiger partial charge < -0.3 is 9.30 Å². The minimum Gasteiger partial charge on any atom is -0.489 e. The van der Waals surface area contributed by atoms with Crippen LogP contribution in [-0.2, 0) is 6.54 Å². The van der Waals surface area contributed by atoms with E-state index in [9.17, 15) is 9.18 Å². The van der Waals surface area contributed by atoms with Crippen molar-refractivity contribution in [3.63, 3.8) is 0 Å². The van der Waals surface area contributed by atoms with Crippen LogP contribution in [0.2, 0.25) is 0 Å². The van der Waals surface area contributed by atoms with Gasteiger partial charge in [0.2, 0.25) is 0 Å². The Morgan fingerprint density at radius 3 is 2.64 bits per heavy atom. The predicted molar refractivity (Wildman–Crippen MR) is 83.8 cm³/mol. The number of ether oxygens (including phenoxy) is 1. The summed E-state index contributed by atoms with van der Waals surface area (Å²) in [6, 6.07) is 14.1. The number of halogens is 1. The number of benzene rings is 2. The number of Topliss-reactive ketones (excluding diaryl/α,β-unsaturated/α-hetero) is 1. The van der Waals surface area contributed by atoms with Gasteiger partial charge in [0.15, 0.2) is 17.3 Å². The van der Waals surface area contributed by atoms with Gasteiger partial charge >= 0.3 is 0 Å². The monoisotopic (exact) mass is 297 g/mol. The molecule has 0 bridgehead atoms. The van der Waals surface area contributed by atoms with Crippen molar-refractivity contribution in [3.05, 3.63) is 66.1 Å². The van der Waals surface area contributed by atoms with Crippen molar-refractivity contribution in [1.82, 2.24) is 4.57 Å². The molecule has 22 heavy (non-hydrogen) atoms. The zero-order valence-electron chi connectivity index (χ0n) is 12.3. The van der Waals surface area contributed by atoms with E-state index in [1.807, 2.05) is 35.0 Å². The number of nitrogens with zero attached hydrogens (tertiary/aromatic N) is 1. The number of rotatable bonds is 5. The normalized spacial score (nSPS) is 10.8. The molecule has 0 aliphatic heterocycles. The van der Waals surface area contributed by atoms with E-state index in [-0.39, 0.29) is 17.3 Å². The molecule has 0 saturated heterocycles. The molecule has 0 spiro atoms. The smallest absolute Gasteiger partial charge is 0.165 e. The summed E-state index contributed by atoms with van der Waals surface area (Å²) in [5.74, 6) is -0.0972. The summed E-state index contributed by atoms with van der Waals surface area (Å²) in [6.07, 6.45) is 1.83. The molecule has 4 heteroatoms. The van der Waals surface area contributed by atoms with Crippen molar-refractivity contribution < 1.29 is 13.9 Å². The second-order valence-electron chi connectivity index (χ2n) is 5.09. The highest BCUT2D eigenvalue weighted by atomic mass is 19.1. The number of carbonyl (C=O) groups excluding carboxylic acids is 1. The van der Waals surface area contributed by atoms with Crippen LogP contribution in [-0.4, -0.2) is 17.0 Å². The Morgan fingerprint density at radius 2 is 1.86 bits per heavy atom. The molecule has 3 rings (SSSR count). The van der Waals surface area contributed by atoms with Crippen LogP contribution in [0.4, 0.5) is 4.39 Å². The third-order valence-corrected chi connectivity index (χ3v) is 3.59. The van der Waals surface area contributed by atoms with Crippen LogP contribution in [0, 0.1) is 5.82 Å². The number of ketones is 1. The summed E-state index contributed by atoms with van der Waals surface area (Å²) in [7, 11) is 0. The molecule has 2 aromatic carbocycles. The van der Waals surface area contributed by atoms with Crippen molar-refractivity contribution in [2.75, 3.05) is 6.61 Å². The molecule has 0 radical (unpaired) electrons. The van der Waals surface area contributed by atoms with Crippen LogP contribution in [0.3, 0.4) is 0 Å². The number of hydrogen-bond donors (Lipinski definition) is 0. The highest BCUT2D eigenvalue weighted by Gasteiger charge is 2.11. The van der Waals surface area contributed by atoms with E-state index < -0.39 is 0 Å².